The maximum atomic E-state index is 12.1. The Labute approximate surface area is 129 Å². The summed E-state index contributed by atoms with van der Waals surface area (Å²) in [5.74, 6) is -3.29. The van der Waals surface area contributed by atoms with Crippen molar-refractivity contribution in [3.8, 4) is 0 Å². The highest BCUT2D eigenvalue weighted by molar-refractivity contribution is 5.86. The van der Waals surface area contributed by atoms with Gasteiger partial charge in [-0.05, 0) is 58.3 Å². The average molecular weight is 313 g/mol. The topological polar surface area (TPSA) is 113 Å². The molecule has 0 heterocycles. The number of rotatable bonds is 3. The number of alkyl carbamates (subject to hydrolysis) is 1. The Kier molecular flexibility index (Phi) is 4.10. The number of carbonyl (C=O) groups excluding carboxylic acids is 1. The summed E-state index contributed by atoms with van der Waals surface area (Å²) in [6.45, 7) is 5.11. The lowest BCUT2D eigenvalue weighted by molar-refractivity contribution is -0.155. The Morgan fingerprint density at radius 3 is 1.95 bits per heavy atom. The molecule has 2 atom stereocenters. The van der Waals surface area contributed by atoms with Crippen LogP contribution < -0.4 is 5.32 Å². The normalized spacial score (nSPS) is 34.0. The molecule has 0 aliphatic heterocycles. The van der Waals surface area contributed by atoms with E-state index >= 15 is 0 Å². The zero-order valence-corrected chi connectivity index (χ0v) is 13.1. The molecule has 3 N–H and O–H groups in total. The third-order valence-electron chi connectivity index (χ3n) is 4.70. The molecule has 0 spiro atoms. The second-order valence-corrected chi connectivity index (χ2v) is 7.28. The molecular formula is C15H23NO6. The molecule has 1 amide bonds. The SMILES string of the molecule is CC(C)(C)OC(=O)NC1(C(=O)O)C2CCC1CC(C(=O)O)C2. The van der Waals surface area contributed by atoms with Crippen molar-refractivity contribution in [3.63, 3.8) is 0 Å². The first-order valence-corrected chi connectivity index (χ1v) is 7.53. The summed E-state index contributed by atoms with van der Waals surface area (Å²) in [5, 5.41) is 21.5. The number of hydrogen-bond acceptors (Lipinski definition) is 4. The lowest BCUT2D eigenvalue weighted by Gasteiger charge is -2.42. The first kappa shape index (κ1) is 16.6. The van der Waals surface area contributed by atoms with Gasteiger partial charge >= 0.3 is 18.0 Å². The highest BCUT2D eigenvalue weighted by Crippen LogP contribution is 2.52. The van der Waals surface area contributed by atoms with E-state index in [1.165, 1.54) is 0 Å². The molecule has 22 heavy (non-hydrogen) atoms. The quantitative estimate of drug-likeness (QED) is 0.733. The molecule has 7 nitrogen and oxygen atoms in total. The van der Waals surface area contributed by atoms with Gasteiger partial charge in [0.25, 0.3) is 0 Å². The molecule has 2 bridgehead atoms. The minimum atomic E-state index is -1.41. The molecule has 0 saturated heterocycles. The van der Waals surface area contributed by atoms with Crippen molar-refractivity contribution in [1.82, 2.24) is 5.32 Å². The van der Waals surface area contributed by atoms with Gasteiger partial charge in [0.2, 0.25) is 0 Å². The summed E-state index contributed by atoms with van der Waals surface area (Å²) < 4.78 is 5.18. The second-order valence-electron chi connectivity index (χ2n) is 7.28. The number of carbonyl (C=O) groups is 3. The zero-order chi connectivity index (χ0) is 16.7. The van der Waals surface area contributed by atoms with Gasteiger partial charge in [-0.1, -0.05) is 0 Å². The van der Waals surface area contributed by atoms with E-state index in [4.69, 9.17) is 4.74 Å². The number of hydrogen-bond donors (Lipinski definition) is 3. The van der Waals surface area contributed by atoms with Gasteiger partial charge in [-0.15, -0.1) is 0 Å². The molecule has 2 aliphatic carbocycles. The average Bonchev–Trinajstić information content (AvgIpc) is 2.56. The third-order valence-corrected chi connectivity index (χ3v) is 4.70. The van der Waals surface area contributed by atoms with E-state index in [1.54, 1.807) is 20.8 Å². The van der Waals surface area contributed by atoms with Crippen LogP contribution in [0.5, 0.6) is 0 Å². The van der Waals surface area contributed by atoms with Crippen molar-refractivity contribution in [2.24, 2.45) is 17.8 Å². The van der Waals surface area contributed by atoms with E-state index in [-0.39, 0.29) is 24.7 Å². The van der Waals surface area contributed by atoms with Crippen LogP contribution in [0.4, 0.5) is 4.79 Å². The molecule has 0 aromatic heterocycles. The summed E-state index contributed by atoms with van der Waals surface area (Å²) in [5.41, 5.74) is -2.13. The van der Waals surface area contributed by atoms with Crippen LogP contribution in [0.25, 0.3) is 0 Å². The predicted molar refractivity (Wildman–Crippen MR) is 76.3 cm³/mol. The Balaban J connectivity index is 2.22. The van der Waals surface area contributed by atoms with Gasteiger partial charge < -0.3 is 20.3 Å². The maximum absolute atomic E-state index is 12.1. The molecule has 0 aromatic carbocycles. The second kappa shape index (κ2) is 5.44. The monoisotopic (exact) mass is 313 g/mol. The van der Waals surface area contributed by atoms with Crippen LogP contribution in [0.3, 0.4) is 0 Å². The van der Waals surface area contributed by atoms with Crippen LogP contribution in [0.15, 0.2) is 0 Å². The van der Waals surface area contributed by atoms with Crippen molar-refractivity contribution < 1.29 is 29.3 Å². The van der Waals surface area contributed by atoms with Gasteiger partial charge in [-0.2, -0.15) is 0 Å². The highest BCUT2D eigenvalue weighted by atomic mass is 16.6. The van der Waals surface area contributed by atoms with Crippen LogP contribution in [0.1, 0.15) is 46.5 Å². The van der Waals surface area contributed by atoms with Gasteiger partial charge in [0.05, 0.1) is 5.92 Å². The fourth-order valence-electron chi connectivity index (χ4n) is 3.86. The fourth-order valence-corrected chi connectivity index (χ4v) is 3.86. The minimum Gasteiger partial charge on any atom is -0.481 e. The van der Waals surface area contributed by atoms with Crippen LogP contribution in [-0.4, -0.2) is 39.4 Å². The molecule has 124 valence electrons. The van der Waals surface area contributed by atoms with Crippen molar-refractivity contribution in [2.75, 3.05) is 0 Å². The fraction of sp³-hybridized carbons (Fsp3) is 0.800. The number of carboxylic acid groups (broad SMARTS) is 2. The van der Waals surface area contributed by atoms with Crippen LogP contribution in [0.2, 0.25) is 0 Å². The van der Waals surface area contributed by atoms with Crippen molar-refractivity contribution >= 4 is 18.0 Å². The summed E-state index contributed by atoms with van der Waals surface area (Å²) >= 11 is 0. The third kappa shape index (κ3) is 2.89. The molecule has 2 unspecified atom stereocenters. The van der Waals surface area contributed by atoms with E-state index in [0.717, 1.165) is 0 Å². The summed E-state index contributed by atoms with van der Waals surface area (Å²) in [7, 11) is 0. The lowest BCUT2D eigenvalue weighted by atomic mass is 9.67. The van der Waals surface area contributed by atoms with E-state index in [2.05, 4.69) is 5.32 Å². The van der Waals surface area contributed by atoms with Gasteiger partial charge in [-0.3, -0.25) is 4.79 Å². The molecule has 0 aromatic rings. The zero-order valence-electron chi connectivity index (χ0n) is 13.1. The highest BCUT2D eigenvalue weighted by Gasteiger charge is 2.61. The summed E-state index contributed by atoms with van der Waals surface area (Å²) in [4.78, 5) is 35.2. The summed E-state index contributed by atoms with van der Waals surface area (Å²) in [6, 6.07) is 0. The van der Waals surface area contributed by atoms with Crippen LogP contribution in [-0.2, 0) is 14.3 Å². The number of carboxylic acids is 2. The predicted octanol–water partition coefficient (Wildman–Crippen LogP) is 1.86. The molecule has 2 aliphatic rings. The Morgan fingerprint density at radius 1 is 1.09 bits per heavy atom. The van der Waals surface area contributed by atoms with Crippen molar-refractivity contribution in [2.45, 2.75) is 57.6 Å². The van der Waals surface area contributed by atoms with Gasteiger partial charge in [0.1, 0.15) is 11.1 Å². The Hall–Kier alpha value is -1.79. The molecule has 2 fully saturated rings. The van der Waals surface area contributed by atoms with Gasteiger partial charge in [-0.25, -0.2) is 9.59 Å². The molecule has 2 rings (SSSR count). The maximum Gasteiger partial charge on any atom is 0.408 e. The van der Waals surface area contributed by atoms with E-state index in [0.29, 0.717) is 12.8 Å². The molecule has 0 radical (unpaired) electrons. The number of nitrogens with one attached hydrogen (secondary N) is 1. The van der Waals surface area contributed by atoms with Crippen LogP contribution in [0, 0.1) is 17.8 Å². The van der Waals surface area contributed by atoms with Gasteiger partial charge in [0.15, 0.2) is 0 Å². The number of amides is 1. The molecular weight excluding hydrogens is 290 g/mol. The first-order valence-electron chi connectivity index (χ1n) is 7.53. The van der Waals surface area contributed by atoms with Gasteiger partial charge in [0, 0.05) is 0 Å². The number of fused-ring (bicyclic) bond motifs is 2. The Morgan fingerprint density at radius 2 is 1.59 bits per heavy atom. The Bertz CT molecular complexity index is 481. The number of aliphatic carboxylic acids is 2. The standard InChI is InChI=1S/C15H23NO6/c1-14(2,3)22-13(21)16-15(12(19)20)9-4-5-10(15)7-8(6-9)11(17)18/h8-10H,4-7H2,1-3H3,(H,16,21)(H,17,18)(H,19,20). The van der Waals surface area contributed by atoms with E-state index < -0.39 is 35.1 Å². The van der Waals surface area contributed by atoms with E-state index in [9.17, 15) is 24.6 Å². The van der Waals surface area contributed by atoms with Crippen molar-refractivity contribution in [1.29, 1.82) is 0 Å². The lowest BCUT2D eigenvalue weighted by Crippen LogP contribution is -2.64. The smallest absolute Gasteiger partial charge is 0.408 e. The van der Waals surface area contributed by atoms with E-state index in [1.807, 2.05) is 0 Å². The minimum absolute atomic E-state index is 0.272. The molecule has 7 heteroatoms. The molecule has 2 saturated carbocycles. The summed E-state index contributed by atoms with van der Waals surface area (Å²) in [6.07, 6.45) is 0.996. The number of ether oxygens (including phenoxy) is 1. The van der Waals surface area contributed by atoms with Crippen molar-refractivity contribution in [3.05, 3.63) is 0 Å². The first-order chi connectivity index (χ1) is 10.1. The largest absolute Gasteiger partial charge is 0.481 e. The van der Waals surface area contributed by atoms with Crippen LogP contribution >= 0.6 is 0 Å².